The van der Waals surface area contributed by atoms with Gasteiger partial charge in [-0.2, -0.15) is 0 Å². The number of hydrogen-bond acceptors (Lipinski definition) is 4. The summed E-state index contributed by atoms with van der Waals surface area (Å²) in [5.74, 6) is 0. The molecule has 2 unspecified atom stereocenters. The van der Waals surface area contributed by atoms with Crippen molar-refractivity contribution in [2.24, 2.45) is 0 Å². The van der Waals surface area contributed by atoms with Crippen molar-refractivity contribution >= 4 is 11.3 Å². The maximum atomic E-state index is 5.85. The number of fused-ring (bicyclic) bond motifs is 2. The molecule has 18 heavy (non-hydrogen) atoms. The molecule has 2 bridgehead atoms. The molecule has 0 amide bonds. The molecule has 4 heteroatoms. The van der Waals surface area contributed by atoms with Crippen LogP contribution in [0.3, 0.4) is 0 Å². The van der Waals surface area contributed by atoms with E-state index >= 15 is 0 Å². The summed E-state index contributed by atoms with van der Waals surface area (Å²) in [4.78, 5) is 4.03. The molecular formula is C14H22N2OS. The lowest BCUT2D eigenvalue weighted by atomic mass is 10.2. The normalized spacial score (nSPS) is 27.8. The summed E-state index contributed by atoms with van der Waals surface area (Å²) in [6.07, 6.45) is 3.57. The SMILES string of the molecule is Cc1ccsc1CNCCN1CC2CCC(C1)O2. The highest BCUT2D eigenvalue weighted by Gasteiger charge is 2.33. The first-order chi connectivity index (χ1) is 8.81. The second kappa shape index (κ2) is 5.70. The number of morpholine rings is 1. The standard InChI is InChI=1S/C14H22N2OS/c1-11-4-7-18-14(11)8-15-5-6-16-9-12-2-3-13(10-16)17-12/h4,7,12-13,15H,2-3,5-6,8-10H2,1H3. The van der Waals surface area contributed by atoms with Gasteiger partial charge in [-0.1, -0.05) is 0 Å². The van der Waals surface area contributed by atoms with Gasteiger partial charge < -0.3 is 10.1 Å². The molecule has 100 valence electrons. The number of likely N-dealkylation sites (tertiary alicyclic amines) is 1. The minimum absolute atomic E-state index is 0.517. The van der Waals surface area contributed by atoms with Crippen LogP contribution in [0.25, 0.3) is 0 Å². The van der Waals surface area contributed by atoms with Crippen LogP contribution in [0.5, 0.6) is 0 Å². The molecular weight excluding hydrogens is 244 g/mol. The number of nitrogens with one attached hydrogen (secondary N) is 1. The summed E-state index contributed by atoms with van der Waals surface area (Å²) in [5, 5.41) is 5.73. The van der Waals surface area contributed by atoms with Crippen molar-refractivity contribution in [2.75, 3.05) is 26.2 Å². The van der Waals surface area contributed by atoms with Crippen molar-refractivity contribution in [1.82, 2.24) is 10.2 Å². The fourth-order valence-corrected chi connectivity index (χ4v) is 3.78. The Balaban J connectivity index is 1.36. The first-order valence-corrected chi connectivity index (χ1v) is 7.81. The van der Waals surface area contributed by atoms with Crippen LogP contribution in [0.1, 0.15) is 23.3 Å². The van der Waals surface area contributed by atoms with Crippen molar-refractivity contribution in [3.8, 4) is 0 Å². The van der Waals surface area contributed by atoms with Crippen LogP contribution < -0.4 is 5.32 Å². The zero-order valence-corrected chi connectivity index (χ0v) is 11.8. The molecule has 2 aliphatic heterocycles. The van der Waals surface area contributed by atoms with E-state index in [0.29, 0.717) is 12.2 Å². The topological polar surface area (TPSA) is 24.5 Å². The number of nitrogens with zero attached hydrogens (tertiary/aromatic N) is 1. The molecule has 0 radical (unpaired) electrons. The highest BCUT2D eigenvalue weighted by atomic mass is 32.1. The maximum absolute atomic E-state index is 5.85. The van der Waals surface area contributed by atoms with E-state index in [1.807, 2.05) is 11.3 Å². The predicted molar refractivity (Wildman–Crippen MR) is 75.1 cm³/mol. The fourth-order valence-electron chi connectivity index (χ4n) is 2.91. The van der Waals surface area contributed by atoms with E-state index in [1.165, 1.54) is 23.3 Å². The third-order valence-electron chi connectivity index (χ3n) is 3.98. The first-order valence-electron chi connectivity index (χ1n) is 6.93. The molecule has 2 aliphatic rings. The molecule has 3 rings (SSSR count). The molecule has 1 aromatic heterocycles. The minimum Gasteiger partial charge on any atom is -0.372 e. The van der Waals surface area contributed by atoms with Gasteiger partial charge in [0, 0.05) is 37.6 Å². The Morgan fingerprint density at radius 3 is 2.83 bits per heavy atom. The zero-order chi connectivity index (χ0) is 12.4. The molecule has 3 nitrogen and oxygen atoms in total. The maximum Gasteiger partial charge on any atom is 0.0707 e. The van der Waals surface area contributed by atoms with Crippen LogP contribution in [-0.2, 0) is 11.3 Å². The Bertz CT molecular complexity index is 381. The van der Waals surface area contributed by atoms with E-state index in [2.05, 4.69) is 28.6 Å². The molecule has 2 saturated heterocycles. The van der Waals surface area contributed by atoms with Gasteiger partial charge in [-0.15, -0.1) is 11.3 Å². The molecule has 3 heterocycles. The van der Waals surface area contributed by atoms with Crippen molar-refractivity contribution < 1.29 is 4.74 Å². The Morgan fingerprint density at radius 1 is 1.39 bits per heavy atom. The van der Waals surface area contributed by atoms with E-state index in [-0.39, 0.29) is 0 Å². The molecule has 0 saturated carbocycles. The van der Waals surface area contributed by atoms with Crippen molar-refractivity contribution in [3.63, 3.8) is 0 Å². The Labute approximate surface area is 113 Å². The fraction of sp³-hybridized carbons (Fsp3) is 0.714. The predicted octanol–water partition coefficient (Wildman–Crippen LogP) is 2.01. The number of ether oxygens (including phenoxy) is 1. The summed E-state index contributed by atoms with van der Waals surface area (Å²) in [6, 6.07) is 2.20. The van der Waals surface area contributed by atoms with Gasteiger partial charge in [0.2, 0.25) is 0 Å². The van der Waals surface area contributed by atoms with Gasteiger partial charge >= 0.3 is 0 Å². The summed E-state index contributed by atoms with van der Waals surface area (Å²) >= 11 is 1.85. The van der Waals surface area contributed by atoms with Gasteiger partial charge in [0.25, 0.3) is 0 Å². The molecule has 2 atom stereocenters. The summed E-state index contributed by atoms with van der Waals surface area (Å²) < 4.78 is 5.85. The lowest BCUT2D eigenvalue weighted by molar-refractivity contribution is -0.0376. The van der Waals surface area contributed by atoms with Gasteiger partial charge in [0.15, 0.2) is 0 Å². The largest absolute Gasteiger partial charge is 0.372 e. The Morgan fingerprint density at radius 2 is 2.17 bits per heavy atom. The van der Waals surface area contributed by atoms with Crippen molar-refractivity contribution in [1.29, 1.82) is 0 Å². The second-order valence-corrected chi connectivity index (χ2v) is 6.42. The summed E-state index contributed by atoms with van der Waals surface area (Å²) in [7, 11) is 0. The van der Waals surface area contributed by atoms with Gasteiger partial charge in [0.1, 0.15) is 0 Å². The third-order valence-corrected chi connectivity index (χ3v) is 5.00. The van der Waals surface area contributed by atoms with E-state index in [9.17, 15) is 0 Å². The number of rotatable bonds is 5. The summed E-state index contributed by atoms with van der Waals surface area (Å²) in [5.41, 5.74) is 1.41. The smallest absolute Gasteiger partial charge is 0.0707 e. The Hall–Kier alpha value is -0.420. The monoisotopic (exact) mass is 266 g/mol. The van der Waals surface area contributed by atoms with Crippen molar-refractivity contribution in [3.05, 3.63) is 21.9 Å². The average molecular weight is 266 g/mol. The zero-order valence-electron chi connectivity index (χ0n) is 11.0. The van der Waals surface area contributed by atoms with Gasteiger partial charge in [-0.3, -0.25) is 4.90 Å². The van der Waals surface area contributed by atoms with E-state index in [1.54, 1.807) is 0 Å². The van der Waals surface area contributed by atoms with Gasteiger partial charge in [-0.25, -0.2) is 0 Å². The molecule has 1 aromatic rings. The van der Waals surface area contributed by atoms with E-state index in [0.717, 1.165) is 32.7 Å². The highest BCUT2D eigenvalue weighted by Crippen LogP contribution is 2.25. The quantitative estimate of drug-likeness (QED) is 0.825. The molecule has 1 N–H and O–H groups in total. The van der Waals surface area contributed by atoms with Gasteiger partial charge in [0.05, 0.1) is 12.2 Å². The van der Waals surface area contributed by atoms with Crippen molar-refractivity contribution in [2.45, 2.75) is 38.5 Å². The third kappa shape index (κ3) is 2.94. The van der Waals surface area contributed by atoms with Crippen LogP contribution in [-0.4, -0.2) is 43.3 Å². The number of hydrogen-bond donors (Lipinski definition) is 1. The molecule has 0 aliphatic carbocycles. The average Bonchev–Trinajstić information content (AvgIpc) is 2.92. The first kappa shape index (κ1) is 12.6. The van der Waals surface area contributed by atoms with Crippen LogP contribution in [0, 0.1) is 6.92 Å². The Kier molecular flexibility index (Phi) is 3.99. The molecule has 2 fully saturated rings. The molecule has 0 spiro atoms. The van der Waals surface area contributed by atoms with Crippen LogP contribution >= 0.6 is 11.3 Å². The minimum atomic E-state index is 0.517. The van der Waals surface area contributed by atoms with Crippen LogP contribution in [0.2, 0.25) is 0 Å². The number of aryl methyl sites for hydroxylation is 1. The number of thiophene rings is 1. The van der Waals surface area contributed by atoms with E-state index < -0.39 is 0 Å². The lowest BCUT2D eigenvalue weighted by Gasteiger charge is -2.32. The van der Waals surface area contributed by atoms with E-state index in [4.69, 9.17) is 4.74 Å². The highest BCUT2D eigenvalue weighted by molar-refractivity contribution is 7.10. The molecule has 0 aromatic carbocycles. The summed E-state index contributed by atoms with van der Waals surface area (Å²) in [6.45, 7) is 7.71. The van der Waals surface area contributed by atoms with Crippen LogP contribution in [0.15, 0.2) is 11.4 Å². The second-order valence-electron chi connectivity index (χ2n) is 5.42. The van der Waals surface area contributed by atoms with Crippen LogP contribution in [0.4, 0.5) is 0 Å². The van der Waals surface area contributed by atoms with Gasteiger partial charge in [-0.05, 0) is 36.8 Å². The lowest BCUT2D eigenvalue weighted by Crippen LogP contribution is -2.45.